The molecule has 0 aliphatic heterocycles. The van der Waals surface area contributed by atoms with Gasteiger partial charge in [-0.25, -0.2) is 4.39 Å². The summed E-state index contributed by atoms with van der Waals surface area (Å²) >= 11 is 9.26. The minimum atomic E-state index is -0.636. The van der Waals surface area contributed by atoms with E-state index in [-0.39, 0.29) is 5.02 Å². The van der Waals surface area contributed by atoms with Crippen LogP contribution >= 0.6 is 27.5 Å². The van der Waals surface area contributed by atoms with E-state index in [2.05, 4.69) is 21.0 Å². The summed E-state index contributed by atoms with van der Waals surface area (Å²) in [6.45, 7) is 1.48. The van der Waals surface area contributed by atoms with Crippen molar-refractivity contribution >= 4 is 27.5 Å². The molecular formula is C14H17BrClFN4. The van der Waals surface area contributed by atoms with Gasteiger partial charge >= 0.3 is 0 Å². The predicted octanol–water partition coefficient (Wildman–Crippen LogP) is 3.05. The molecule has 114 valence electrons. The van der Waals surface area contributed by atoms with Crippen molar-refractivity contribution in [2.45, 2.75) is 12.6 Å². The molecule has 0 aliphatic rings. The van der Waals surface area contributed by atoms with E-state index in [9.17, 15) is 4.39 Å². The van der Waals surface area contributed by atoms with Gasteiger partial charge in [0.25, 0.3) is 0 Å². The zero-order valence-electron chi connectivity index (χ0n) is 11.9. The van der Waals surface area contributed by atoms with Crippen LogP contribution in [0.15, 0.2) is 28.9 Å². The number of halogens is 3. The van der Waals surface area contributed by atoms with Gasteiger partial charge in [-0.2, -0.15) is 5.10 Å². The first-order chi connectivity index (χ1) is 9.91. The first-order valence-corrected chi connectivity index (χ1v) is 7.64. The van der Waals surface area contributed by atoms with Gasteiger partial charge in [0, 0.05) is 12.1 Å². The number of nitrogens with zero attached hydrogens (tertiary/aromatic N) is 3. The van der Waals surface area contributed by atoms with Crippen molar-refractivity contribution in [2.24, 2.45) is 5.73 Å². The van der Waals surface area contributed by atoms with Crippen LogP contribution in [-0.4, -0.2) is 35.3 Å². The number of aromatic nitrogens is 2. The van der Waals surface area contributed by atoms with E-state index < -0.39 is 11.9 Å². The van der Waals surface area contributed by atoms with Crippen LogP contribution in [0.5, 0.6) is 0 Å². The summed E-state index contributed by atoms with van der Waals surface area (Å²) < 4.78 is 16.7. The minimum absolute atomic E-state index is 0.0680. The van der Waals surface area contributed by atoms with E-state index in [1.165, 1.54) is 6.07 Å². The Bertz CT molecular complexity index is 629. The van der Waals surface area contributed by atoms with Crippen molar-refractivity contribution in [3.8, 4) is 0 Å². The molecule has 2 aromatic rings. The van der Waals surface area contributed by atoms with Crippen LogP contribution in [0.3, 0.4) is 0 Å². The van der Waals surface area contributed by atoms with Gasteiger partial charge in [-0.05, 0) is 36.1 Å². The van der Waals surface area contributed by atoms with Crippen molar-refractivity contribution in [3.05, 3.63) is 51.0 Å². The van der Waals surface area contributed by atoms with Gasteiger partial charge in [0.15, 0.2) is 0 Å². The number of nitrogens with two attached hydrogens (primary N) is 1. The Labute approximate surface area is 136 Å². The van der Waals surface area contributed by atoms with Crippen molar-refractivity contribution in [1.82, 2.24) is 14.7 Å². The van der Waals surface area contributed by atoms with E-state index in [1.807, 2.05) is 19.0 Å². The van der Waals surface area contributed by atoms with Crippen LogP contribution in [0.25, 0.3) is 0 Å². The van der Waals surface area contributed by atoms with Crippen LogP contribution in [0.1, 0.15) is 17.3 Å². The molecule has 0 fully saturated rings. The van der Waals surface area contributed by atoms with Gasteiger partial charge in [0.1, 0.15) is 5.82 Å². The summed E-state index contributed by atoms with van der Waals surface area (Å²) in [5.41, 5.74) is 7.33. The number of likely N-dealkylation sites (N-methyl/N-ethyl adjacent to an activating group) is 1. The maximum atomic E-state index is 14.2. The molecule has 1 atom stereocenters. The number of hydrogen-bond donors (Lipinski definition) is 1. The zero-order chi connectivity index (χ0) is 15.6. The van der Waals surface area contributed by atoms with Crippen molar-refractivity contribution in [1.29, 1.82) is 0 Å². The predicted molar refractivity (Wildman–Crippen MR) is 85.9 cm³/mol. The lowest BCUT2D eigenvalue weighted by Gasteiger charge is -2.18. The Hall–Kier alpha value is -0.950. The Morgan fingerprint density at radius 1 is 1.48 bits per heavy atom. The second-order valence-corrected chi connectivity index (χ2v) is 6.29. The molecule has 0 amide bonds. The third-order valence-corrected chi connectivity index (χ3v) is 4.11. The molecule has 2 N–H and O–H groups in total. The summed E-state index contributed by atoms with van der Waals surface area (Å²) in [5, 5.41) is 4.36. The lowest BCUT2D eigenvalue weighted by molar-refractivity contribution is 0.367. The molecule has 2 rings (SSSR count). The highest BCUT2D eigenvalue weighted by molar-refractivity contribution is 9.10. The van der Waals surface area contributed by atoms with Crippen LogP contribution < -0.4 is 5.73 Å². The van der Waals surface area contributed by atoms with Gasteiger partial charge < -0.3 is 10.6 Å². The van der Waals surface area contributed by atoms with E-state index in [0.717, 1.165) is 16.7 Å². The summed E-state index contributed by atoms with van der Waals surface area (Å²) in [7, 11) is 3.96. The standard InChI is InChI=1S/C14H17BrClFN4/c1-20(2)6-7-21-14(10(15)8-19-21)13(18)9-4-3-5-11(16)12(9)17/h3-5,8,13H,6-7,18H2,1-2H3. The molecular weight excluding hydrogens is 359 g/mol. The van der Waals surface area contributed by atoms with Gasteiger partial charge in [-0.15, -0.1) is 0 Å². The van der Waals surface area contributed by atoms with Crippen LogP contribution in [0.2, 0.25) is 5.02 Å². The van der Waals surface area contributed by atoms with Crippen LogP contribution in [0, 0.1) is 5.82 Å². The monoisotopic (exact) mass is 374 g/mol. The number of benzene rings is 1. The average Bonchev–Trinajstić information content (AvgIpc) is 2.80. The molecule has 0 aliphatic carbocycles. The minimum Gasteiger partial charge on any atom is -0.319 e. The SMILES string of the molecule is CN(C)CCn1ncc(Br)c1C(N)c1cccc(Cl)c1F. The summed E-state index contributed by atoms with van der Waals surface area (Å²) in [4.78, 5) is 2.05. The van der Waals surface area contributed by atoms with Crippen molar-refractivity contribution in [3.63, 3.8) is 0 Å². The van der Waals surface area contributed by atoms with Gasteiger partial charge in [0.05, 0.1) is 34.0 Å². The quantitative estimate of drug-likeness (QED) is 0.874. The summed E-state index contributed by atoms with van der Waals surface area (Å²) in [6.07, 6.45) is 1.67. The van der Waals surface area contributed by atoms with Crippen LogP contribution in [-0.2, 0) is 6.54 Å². The summed E-state index contributed by atoms with van der Waals surface area (Å²) in [6, 6.07) is 4.20. The lowest BCUT2D eigenvalue weighted by atomic mass is 10.0. The molecule has 0 saturated carbocycles. The first kappa shape index (κ1) is 16.4. The van der Waals surface area contributed by atoms with E-state index in [0.29, 0.717) is 12.1 Å². The molecule has 0 spiro atoms. The molecule has 1 unspecified atom stereocenters. The fraction of sp³-hybridized carbons (Fsp3) is 0.357. The normalized spacial score (nSPS) is 12.9. The third kappa shape index (κ3) is 3.63. The fourth-order valence-corrected chi connectivity index (χ4v) is 2.79. The molecule has 0 radical (unpaired) electrons. The smallest absolute Gasteiger partial charge is 0.146 e. The molecule has 7 heteroatoms. The molecule has 1 heterocycles. The highest BCUT2D eigenvalue weighted by Gasteiger charge is 2.22. The van der Waals surface area contributed by atoms with E-state index >= 15 is 0 Å². The average molecular weight is 376 g/mol. The maximum Gasteiger partial charge on any atom is 0.146 e. The van der Waals surface area contributed by atoms with Crippen molar-refractivity contribution < 1.29 is 4.39 Å². The largest absolute Gasteiger partial charge is 0.319 e. The van der Waals surface area contributed by atoms with E-state index in [1.54, 1.807) is 23.0 Å². The molecule has 21 heavy (non-hydrogen) atoms. The first-order valence-electron chi connectivity index (χ1n) is 6.47. The molecule has 1 aromatic carbocycles. The lowest BCUT2D eigenvalue weighted by Crippen LogP contribution is -2.24. The Morgan fingerprint density at radius 2 is 2.19 bits per heavy atom. The highest BCUT2D eigenvalue weighted by Crippen LogP contribution is 2.30. The van der Waals surface area contributed by atoms with Gasteiger partial charge in [-0.3, -0.25) is 4.68 Å². The topological polar surface area (TPSA) is 47.1 Å². The Morgan fingerprint density at radius 3 is 2.86 bits per heavy atom. The molecule has 0 bridgehead atoms. The second kappa shape index (κ2) is 6.87. The third-order valence-electron chi connectivity index (χ3n) is 3.20. The van der Waals surface area contributed by atoms with Crippen molar-refractivity contribution in [2.75, 3.05) is 20.6 Å². The highest BCUT2D eigenvalue weighted by atomic mass is 79.9. The number of hydrogen-bond acceptors (Lipinski definition) is 3. The fourth-order valence-electron chi connectivity index (χ4n) is 2.06. The molecule has 4 nitrogen and oxygen atoms in total. The Balaban J connectivity index is 2.36. The maximum absolute atomic E-state index is 14.2. The van der Waals surface area contributed by atoms with Crippen LogP contribution in [0.4, 0.5) is 4.39 Å². The second-order valence-electron chi connectivity index (χ2n) is 5.02. The van der Waals surface area contributed by atoms with E-state index in [4.69, 9.17) is 17.3 Å². The summed E-state index contributed by atoms with van der Waals surface area (Å²) in [5.74, 6) is -0.487. The molecule has 0 saturated heterocycles. The Kier molecular flexibility index (Phi) is 5.37. The molecule has 1 aromatic heterocycles. The van der Waals surface area contributed by atoms with Gasteiger partial charge in [0.2, 0.25) is 0 Å². The zero-order valence-corrected chi connectivity index (χ0v) is 14.2. The number of rotatable bonds is 5. The van der Waals surface area contributed by atoms with Gasteiger partial charge in [-0.1, -0.05) is 23.7 Å².